The van der Waals surface area contributed by atoms with Gasteiger partial charge < -0.3 is 10.2 Å². The van der Waals surface area contributed by atoms with Crippen LogP contribution in [-0.4, -0.2) is 43.8 Å². The lowest BCUT2D eigenvalue weighted by atomic mass is 10.0. The molecule has 9 heteroatoms. The zero-order chi connectivity index (χ0) is 31.9. The maximum Gasteiger partial charge on any atom is 0.264 e. The Bertz CT molecular complexity index is 1690. The second kappa shape index (κ2) is 14.6. The van der Waals surface area contributed by atoms with Gasteiger partial charge in [0.05, 0.1) is 10.6 Å². The minimum atomic E-state index is -4.19. The van der Waals surface area contributed by atoms with E-state index in [1.165, 1.54) is 29.2 Å². The maximum atomic E-state index is 14.5. The van der Waals surface area contributed by atoms with Crippen LogP contribution >= 0.6 is 11.6 Å². The van der Waals surface area contributed by atoms with Gasteiger partial charge in [-0.15, -0.1) is 0 Å². The van der Waals surface area contributed by atoms with Gasteiger partial charge in [0.2, 0.25) is 11.8 Å². The van der Waals surface area contributed by atoms with Crippen LogP contribution in [-0.2, 0) is 32.6 Å². The Balaban J connectivity index is 1.82. The lowest BCUT2D eigenvalue weighted by molar-refractivity contribution is -0.140. The van der Waals surface area contributed by atoms with Crippen molar-refractivity contribution in [3.63, 3.8) is 0 Å². The number of carbonyl (C=O) groups excluding carboxylic acids is 2. The summed E-state index contributed by atoms with van der Waals surface area (Å²) in [6.07, 6.45) is 0.255. The molecule has 0 aliphatic carbocycles. The van der Waals surface area contributed by atoms with Crippen LogP contribution in [0, 0.1) is 13.8 Å². The molecule has 0 aliphatic rings. The first-order valence-electron chi connectivity index (χ1n) is 14.5. The quantitative estimate of drug-likeness (QED) is 0.198. The number of hydrogen-bond donors (Lipinski definition) is 1. The van der Waals surface area contributed by atoms with Crippen molar-refractivity contribution in [1.82, 2.24) is 10.2 Å². The molecular weight excluding hydrogens is 594 g/mol. The number of halogens is 1. The van der Waals surface area contributed by atoms with E-state index in [4.69, 9.17) is 11.6 Å². The number of rotatable bonds is 12. The number of carbonyl (C=O) groups is 2. The van der Waals surface area contributed by atoms with Gasteiger partial charge in [-0.25, -0.2) is 8.42 Å². The second-order valence-corrected chi connectivity index (χ2v) is 13.4. The lowest BCUT2D eigenvalue weighted by Crippen LogP contribution is -2.54. The first kappa shape index (κ1) is 32.8. The van der Waals surface area contributed by atoms with Crippen molar-refractivity contribution in [2.75, 3.05) is 10.8 Å². The molecule has 2 amide bonds. The van der Waals surface area contributed by atoms with E-state index in [0.29, 0.717) is 10.7 Å². The van der Waals surface area contributed by atoms with Crippen LogP contribution in [0.25, 0.3) is 0 Å². The van der Waals surface area contributed by atoms with Crippen molar-refractivity contribution in [2.24, 2.45) is 0 Å². The van der Waals surface area contributed by atoms with Crippen LogP contribution < -0.4 is 9.62 Å². The average Bonchev–Trinajstić information content (AvgIpc) is 2.98. The van der Waals surface area contributed by atoms with Gasteiger partial charge in [0.25, 0.3) is 10.0 Å². The molecule has 0 radical (unpaired) electrons. The van der Waals surface area contributed by atoms with E-state index in [1.807, 2.05) is 88.4 Å². The maximum absolute atomic E-state index is 14.5. The monoisotopic (exact) mass is 631 g/mol. The standard InChI is InChI=1S/C35H38ClN3O4S/c1-25(2)37-35(41)33(22-28-13-6-5-7-14-28)38(23-29-15-9-8-12-27(29)4)34(40)24-39(31-16-10-11-26(3)21-31)44(42,43)32-19-17-30(36)18-20-32/h5-21,25,33H,22-24H2,1-4H3,(H,37,41)/t33-/m0/s1. The molecule has 0 aliphatic heterocycles. The van der Waals surface area contributed by atoms with Crippen LogP contribution in [0.4, 0.5) is 5.69 Å². The third kappa shape index (κ3) is 8.27. The normalized spacial score (nSPS) is 12.0. The fraction of sp³-hybridized carbons (Fsp3) is 0.257. The summed E-state index contributed by atoms with van der Waals surface area (Å²) >= 11 is 6.05. The molecule has 4 aromatic rings. The van der Waals surface area contributed by atoms with E-state index in [1.54, 1.807) is 18.2 Å². The van der Waals surface area contributed by atoms with Gasteiger partial charge in [-0.1, -0.05) is 78.3 Å². The zero-order valence-electron chi connectivity index (χ0n) is 25.4. The van der Waals surface area contributed by atoms with E-state index in [9.17, 15) is 18.0 Å². The van der Waals surface area contributed by atoms with Gasteiger partial charge in [0.15, 0.2) is 0 Å². The minimum absolute atomic E-state index is 0.0000429. The molecular formula is C35H38ClN3O4S. The summed E-state index contributed by atoms with van der Waals surface area (Å²) in [6, 6.07) is 28.9. The molecule has 0 saturated heterocycles. The van der Waals surface area contributed by atoms with Crippen molar-refractivity contribution in [2.45, 2.75) is 57.6 Å². The van der Waals surface area contributed by atoms with Crippen molar-refractivity contribution in [3.05, 3.63) is 130 Å². The molecule has 230 valence electrons. The van der Waals surface area contributed by atoms with Crippen molar-refractivity contribution in [3.8, 4) is 0 Å². The topological polar surface area (TPSA) is 86.8 Å². The smallest absolute Gasteiger partial charge is 0.264 e. The Morgan fingerprint density at radius 3 is 2.14 bits per heavy atom. The molecule has 7 nitrogen and oxygen atoms in total. The van der Waals surface area contributed by atoms with E-state index in [-0.39, 0.29) is 29.8 Å². The van der Waals surface area contributed by atoms with Gasteiger partial charge in [0, 0.05) is 24.0 Å². The Kier molecular flexibility index (Phi) is 10.8. The molecule has 4 aromatic carbocycles. The summed E-state index contributed by atoms with van der Waals surface area (Å²) in [7, 11) is -4.19. The molecule has 0 saturated carbocycles. The number of amides is 2. The summed E-state index contributed by atoms with van der Waals surface area (Å²) in [4.78, 5) is 29.8. The molecule has 44 heavy (non-hydrogen) atoms. The predicted octanol–water partition coefficient (Wildman–Crippen LogP) is 6.32. The van der Waals surface area contributed by atoms with Crippen LogP contribution in [0.3, 0.4) is 0 Å². The fourth-order valence-corrected chi connectivity index (χ4v) is 6.48. The number of anilines is 1. The Morgan fingerprint density at radius 1 is 0.841 bits per heavy atom. The molecule has 1 atom stereocenters. The summed E-state index contributed by atoms with van der Waals surface area (Å²) in [5, 5.41) is 3.37. The predicted molar refractivity (Wildman–Crippen MR) is 176 cm³/mol. The van der Waals surface area contributed by atoms with Crippen LogP contribution in [0.15, 0.2) is 108 Å². The van der Waals surface area contributed by atoms with Gasteiger partial charge in [-0.05, 0) is 86.3 Å². The Hall–Kier alpha value is -4.14. The lowest BCUT2D eigenvalue weighted by Gasteiger charge is -2.34. The molecule has 0 unspecified atom stereocenters. The summed E-state index contributed by atoms with van der Waals surface area (Å²) in [5.41, 5.74) is 3.87. The van der Waals surface area contributed by atoms with Gasteiger partial charge in [0.1, 0.15) is 12.6 Å². The highest BCUT2D eigenvalue weighted by molar-refractivity contribution is 7.92. The minimum Gasteiger partial charge on any atom is -0.352 e. The number of nitrogens with zero attached hydrogens (tertiary/aromatic N) is 2. The molecule has 4 rings (SSSR count). The van der Waals surface area contributed by atoms with Crippen molar-refractivity contribution < 1.29 is 18.0 Å². The SMILES string of the molecule is Cc1cccc(N(CC(=O)N(Cc2ccccc2C)[C@@H](Cc2ccccc2)C(=O)NC(C)C)S(=O)(=O)c2ccc(Cl)cc2)c1. The Morgan fingerprint density at radius 2 is 1.50 bits per heavy atom. The highest BCUT2D eigenvalue weighted by atomic mass is 35.5. The Labute approximate surface area is 265 Å². The largest absolute Gasteiger partial charge is 0.352 e. The molecule has 0 bridgehead atoms. The van der Waals surface area contributed by atoms with Gasteiger partial charge in [-0.3, -0.25) is 13.9 Å². The average molecular weight is 632 g/mol. The van der Waals surface area contributed by atoms with E-state index in [2.05, 4.69) is 5.32 Å². The van der Waals surface area contributed by atoms with Crippen LogP contribution in [0.5, 0.6) is 0 Å². The summed E-state index contributed by atoms with van der Waals surface area (Å²) in [5.74, 6) is -0.819. The highest BCUT2D eigenvalue weighted by Gasteiger charge is 2.35. The molecule has 0 spiro atoms. The third-order valence-corrected chi connectivity index (χ3v) is 9.31. The molecule has 0 fully saturated rings. The zero-order valence-corrected chi connectivity index (χ0v) is 27.0. The first-order chi connectivity index (χ1) is 21.0. The van der Waals surface area contributed by atoms with Gasteiger partial charge in [-0.2, -0.15) is 0 Å². The van der Waals surface area contributed by atoms with Crippen molar-refractivity contribution >= 4 is 39.1 Å². The van der Waals surface area contributed by atoms with E-state index in [0.717, 1.165) is 26.6 Å². The first-order valence-corrected chi connectivity index (χ1v) is 16.3. The summed E-state index contributed by atoms with van der Waals surface area (Å²) < 4.78 is 29.3. The fourth-order valence-electron chi connectivity index (χ4n) is 4.95. The van der Waals surface area contributed by atoms with Crippen LogP contribution in [0.1, 0.15) is 36.1 Å². The van der Waals surface area contributed by atoms with Crippen molar-refractivity contribution in [1.29, 1.82) is 0 Å². The number of aryl methyl sites for hydroxylation is 2. The van der Waals surface area contributed by atoms with Gasteiger partial charge >= 0.3 is 0 Å². The number of nitrogens with one attached hydrogen (secondary N) is 1. The molecule has 0 aromatic heterocycles. The molecule has 1 N–H and O–H groups in total. The van der Waals surface area contributed by atoms with Crippen LogP contribution in [0.2, 0.25) is 5.02 Å². The third-order valence-electron chi connectivity index (χ3n) is 7.27. The second-order valence-electron chi connectivity index (χ2n) is 11.1. The highest BCUT2D eigenvalue weighted by Crippen LogP contribution is 2.27. The number of benzene rings is 4. The van der Waals surface area contributed by atoms with E-state index >= 15 is 0 Å². The summed E-state index contributed by atoms with van der Waals surface area (Å²) in [6.45, 7) is 7.14. The number of hydrogen-bond acceptors (Lipinski definition) is 4. The number of sulfonamides is 1. The molecule has 0 heterocycles. The van der Waals surface area contributed by atoms with E-state index < -0.39 is 28.5 Å².